The number of carbonyl (C=O) groups excluding carboxylic acids is 1. The summed E-state index contributed by atoms with van der Waals surface area (Å²) in [4.78, 5) is 24.0. The fourth-order valence-corrected chi connectivity index (χ4v) is 2.37. The van der Waals surface area contributed by atoms with Crippen LogP contribution in [0.3, 0.4) is 0 Å². The first-order chi connectivity index (χ1) is 10.6. The summed E-state index contributed by atoms with van der Waals surface area (Å²) in [6, 6.07) is 8.93. The second kappa shape index (κ2) is 5.56. The monoisotopic (exact) mass is 298 g/mol. The van der Waals surface area contributed by atoms with Crippen molar-refractivity contribution in [2.24, 2.45) is 0 Å². The molecule has 22 heavy (non-hydrogen) atoms. The second-order valence-electron chi connectivity index (χ2n) is 5.32. The topological polar surface area (TPSA) is 97.9 Å². The quantitative estimate of drug-likeness (QED) is 0.786. The van der Waals surface area contributed by atoms with Gasteiger partial charge in [-0.05, 0) is 18.6 Å². The molecule has 1 heterocycles. The van der Waals surface area contributed by atoms with Crippen LogP contribution in [0.2, 0.25) is 0 Å². The first-order valence-electron chi connectivity index (χ1n) is 7.09. The Morgan fingerprint density at radius 3 is 2.86 bits per heavy atom. The van der Waals surface area contributed by atoms with Gasteiger partial charge < -0.3 is 4.74 Å². The number of esters is 1. The lowest BCUT2D eigenvalue weighted by atomic mass is 9.81. The molecule has 2 aromatic rings. The number of hydrogen-bond donors (Lipinski definition) is 0. The smallest absolute Gasteiger partial charge is 0.309 e. The highest BCUT2D eigenvalue weighted by Crippen LogP contribution is 2.35. The number of benzene rings is 1. The lowest BCUT2D eigenvalue weighted by Crippen LogP contribution is -2.40. The molecule has 3 rings (SSSR count). The standard InChI is InChI=1S/C15H14N4O3/c16-10-15(7-3-8-15)22-13(20)6-9-19-14(21)11-4-1-2-5-12(11)17-18-19/h1-2,4-5H,3,6-9H2. The summed E-state index contributed by atoms with van der Waals surface area (Å²) >= 11 is 0. The number of ether oxygens (including phenoxy) is 1. The van der Waals surface area contributed by atoms with Crippen LogP contribution in [0.1, 0.15) is 25.7 Å². The Morgan fingerprint density at radius 1 is 1.41 bits per heavy atom. The van der Waals surface area contributed by atoms with Crippen molar-refractivity contribution in [2.45, 2.75) is 37.8 Å². The van der Waals surface area contributed by atoms with Gasteiger partial charge in [-0.3, -0.25) is 9.59 Å². The van der Waals surface area contributed by atoms with Crippen LogP contribution in [0.25, 0.3) is 10.9 Å². The number of nitriles is 1. The molecule has 0 unspecified atom stereocenters. The van der Waals surface area contributed by atoms with E-state index in [9.17, 15) is 9.59 Å². The Bertz CT molecular complexity index is 817. The zero-order chi connectivity index (χ0) is 15.6. The number of nitrogens with zero attached hydrogens (tertiary/aromatic N) is 4. The highest BCUT2D eigenvalue weighted by Gasteiger charge is 2.41. The van der Waals surface area contributed by atoms with Gasteiger partial charge in [0.2, 0.25) is 0 Å². The van der Waals surface area contributed by atoms with Crippen molar-refractivity contribution in [1.29, 1.82) is 5.26 Å². The van der Waals surface area contributed by atoms with Crippen molar-refractivity contribution in [3.63, 3.8) is 0 Å². The first kappa shape index (κ1) is 14.2. The van der Waals surface area contributed by atoms with Gasteiger partial charge >= 0.3 is 5.97 Å². The third-order valence-electron chi connectivity index (χ3n) is 3.83. The Balaban J connectivity index is 1.69. The molecule has 0 saturated heterocycles. The van der Waals surface area contributed by atoms with Crippen LogP contribution in [-0.4, -0.2) is 26.6 Å². The SMILES string of the molecule is N#CC1(OC(=O)CCn2nnc3ccccc3c2=O)CCC1. The van der Waals surface area contributed by atoms with Crippen LogP contribution >= 0.6 is 0 Å². The molecule has 0 bridgehead atoms. The zero-order valence-corrected chi connectivity index (χ0v) is 11.9. The molecule has 1 fully saturated rings. The Labute approximate surface area is 126 Å². The number of hydrogen-bond acceptors (Lipinski definition) is 6. The summed E-state index contributed by atoms with van der Waals surface area (Å²) in [5, 5.41) is 17.2. The van der Waals surface area contributed by atoms with Gasteiger partial charge in [-0.25, -0.2) is 4.68 Å². The Kier molecular flexibility index (Phi) is 3.59. The molecule has 1 aromatic heterocycles. The molecular formula is C15H14N4O3. The van der Waals surface area contributed by atoms with E-state index in [-0.39, 0.29) is 18.5 Å². The molecule has 0 aliphatic heterocycles. The van der Waals surface area contributed by atoms with Crippen molar-refractivity contribution >= 4 is 16.9 Å². The maximum Gasteiger partial charge on any atom is 0.309 e. The van der Waals surface area contributed by atoms with E-state index in [0.29, 0.717) is 23.7 Å². The molecule has 1 aliphatic carbocycles. The van der Waals surface area contributed by atoms with Crippen LogP contribution in [-0.2, 0) is 16.1 Å². The average Bonchev–Trinajstić information content (AvgIpc) is 2.50. The van der Waals surface area contributed by atoms with Gasteiger partial charge in [-0.2, -0.15) is 5.26 Å². The molecule has 7 heteroatoms. The lowest BCUT2D eigenvalue weighted by Gasteiger charge is -2.34. The fourth-order valence-electron chi connectivity index (χ4n) is 2.37. The van der Waals surface area contributed by atoms with Crippen LogP contribution in [0.15, 0.2) is 29.1 Å². The Morgan fingerprint density at radius 2 is 2.18 bits per heavy atom. The van der Waals surface area contributed by atoms with Crippen LogP contribution in [0, 0.1) is 11.3 Å². The second-order valence-corrected chi connectivity index (χ2v) is 5.32. The van der Waals surface area contributed by atoms with E-state index in [2.05, 4.69) is 10.3 Å². The predicted molar refractivity (Wildman–Crippen MR) is 76.7 cm³/mol. The molecule has 0 N–H and O–H groups in total. The third kappa shape index (κ3) is 2.55. The Hall–Kier alpha value is -2.75. The van der Waals surface area contributed by atoms with E-state index in [1.807, 2.05) is 6.07 Å². The van der Waals surface area contributed by atoms with E-state index in [0.717, 1.165) is 11.1 Å². The molecule has 0 radical (unpaired) electrons. The summed E-state index contributed by atoms with van der Waals surface area (Å²) in [5.74, 6) is -0.497. The molecular weight excluding hydrogens is 284 g/mol. The normalized spacial score (nSPS) is 15.8. The fraction of sp³-hybridized carbons (Fsp3) is 0.400. The molecule has 0 amide bonds. The van der Waals surface area contributed by atoms with Gasteiger partial charge in [0.05, 0.1) is 18.4 Å². The summed E-state index contributed by atoms with van der Waals surface area (Å²) in [6.45, 7) is 0.0804. The summed E-state index contributed by atoms with van der Waals surface area (Å²) in [7, 11) is 0. The van der Waals surface area contributed by atoms with Crippen molar-refractivity contribution in [3.8, 4) is 6.07 Å². The number of rotatable bonds is 4. The number of fused-ring (bicyclic) bond motifs is 1. The zero-order valence-electron chi connectivity index (χ0n) is 11.9. The minimum atomic E-state index is -0.961. The predicted octanol–water partition coefficient (Wildman–Crippen LogP) is 1.17. The highest BCUT2D eigenvalue weighted by atomic mass is 16.6. The maximum atomic E-state index is 12.2. The lowest BCUT2D eigenvalue weighted by molar-refractivity contribution is -0.161. The largest absolute Gasteiger partial charge is 0.444 e. The van der Waals surface area contributed by atoms with Crippen LogP contribution < -0.4 is 5.56 Å². The van der Waals surface area contributed by atoms with E-state index in [4.69, 9.17) is 10.00 Å². The molecule has 0 atom stereocenters. The van der Waals surface area contributed by atoms with Gasteiger partial charge in [0.1, 0.15) is 11.6 Å². The van der Waals surface area contributed by atoms with Crippen LogP contribution in [0.5, 0.6) is 0 Å². The average molecular weight is 298 g/mol. The number of aryl methyl sites for hydroxylation is 1. The van der Waals surface area contributed by atoms with Gasteiger partial charge in [0.25, 0.3) is 5.56 Å². The van der Waals surface area contributed by atoms with Crippen molar-refractivity contribution in [1.82, 2.24) is 15.0 Å². The minimum absolute atomic E-state index is 0.0175. The van der Waals surface area contributed by atoms with Gasteiger partial charge in [-0.1, -0.05) is 17.3 Å². The number of carbonyl (C=O) groups is 1. The molecule has 1 aliphatic rings. The van der Waals surface area contributed by atoms with Crippen molar-refractivity contribution in [3.05, 3.63) is 34.6 Å². The molecule has 112 valence electrons. The first-order valence-corrected chi connectivity index (χ1v) is 7.09. The van der Waals surface area contributed by atoms with Gasteiger partial charge in [0.15, 0.2) is 5.60 Å². The van der Waals surface area contributed by atoms with Crippen molar-refractivity contribution < 1.29 is 9.53 Å². The molecule has 7 nitrogen and oxygen atoms in total. The highest BCUT2D eigenvalue weighted by molar-refractivity contribution is 5.76. The molecule has 1 saturated carbocycles. The van der Waals surface area contributed by atoms with E-state index >= 15 is 0 Å². The third-order valence-corrected chi connectivity index (χ3v) is 3.83. The molecule has 1 aromatic carbocycles. The number of aromatic nitrogens is 3. The maximum absolute atomic E-state index is 12.2. The summed E-state index contributed by atoms with van der Waals surface area (Å²) in [5.41, 5.74) is -0.738. The van der Waals surface area contributed by atoms with Gasteiger partial charge in [0, 0.05) is 12.8 Å². The van der Waals surface area contributed by atoms with Crippen LogP contribution in [0.4, 0.5) is 0 Å². The summed E-state index contributed by atoms with van der Waals surface area (Å²) < 4.78 is 6.35. The van der Waals surface area contributed by atoms with E-state index < -0.39 is 11.6 Å². The summed E-state index contributed by atoms with van der Waals surface area (Å²) in [6.07, 6.45) is 2.02. The van der Waals surface area contributed by atoms with E-state index in [1.54, 1.807) is 24.3 Å². The van der Waals surface area contributed by atoms with Gasteiger partial charge in [-0.15, -0.1) is 5.10 Å². The minimum Gasteiger partial charge on any atom is -0.444 e. The molecule has 0 spiro atoms. The van der Waals surface area contributed by atoms with Crippen molar-refractivity contribution in [2.75, 3.05) is 0 Å². The van der Waals surface area contributed by atoms with E-state index in [1.165, 1.54) is 0 Å².